The average molecular weight is 510 g/mol. The largest absolute Gasteiger partial charge is 0.416 e. The highest BCUT2D eigenvalue weighted by Crippen LogP contribution is 2.32. The van der Waals surface area contributed by atoms with Gasteiger partial charge in [-0.2, -0.15) is 13.2 Å². The van der Waals surface area contributed by atoms with E-state index in [1.807, 2.05) is 9.80 Å². The highest BCUT2D eigenvalue weighted by atomic mass is 19.4. The van der Waals surface area contributed by atoms with Crippen molar-refractivity contribution in [3.63, 3.8) is 0 Å². The summed E-state index contributed by atoms with van der Waals surface area (Å²) in [5, 5.41) is 3.86. The normalized spacial score (nSPS) is 25.2. The lowest BCUT2D eigenvalue weighted by atomic mass is 10.0. The summed E-state index contributed by atoms with van der Waals surface area (Å²) in [5.41, 5.74) is -0.0672. The monoisotopic (exact) mass is 509 g/mol. The number of halogens is 3. The third-order valence-electron chi connectivity index (χ3n) is 8.02. The second-order valence-electron chi connectivity index (χ2n) is 10.9. The van der Waals surface area contributed by atoms with Crippen molar-refractivity contribution in [3.8, 4) is 0 Å². The number of alkyl halides is 3. The van der Waals surface area contributed by atoms with Crippen molar-refractivity contribution in [1.29, 1.82) is 0 Å². The smallest absolute Gasteiger partial charge is 0.368 e. The van der Waals surface area contributed by atoms with Crippen LogP contribution in [0.3, 0.4) is 0 Å². The van der Waals surface area contributed by atoms with Crippen LogP contribution in [-0.4, -0.2) is 97.1 Å². The first-order chi connectivity index (χ1) is 17.2. The zero-order valence-electron chi connectivity index (χ0n) is 21.9. The van der Waals surface area contributed by atoms with Crippen molar-refractivity contribution < 1.29 is 18.0 Å². The van der Waals surface area contributed by atoms with Gasteiger partial charge in [-0.3, -0.25) is 9.69 Å². The van der Waals surface area contributed by atoms with Crippen LogP contribution < -0.4 is 10.2 Å². The van der Waals surface area contributed by atoms with E-state index in [1.54, 1.807) is 6.07 Å². The summed E-state index contributed by atoms with van der Waals surface area (Å²) in [5.74, 6) is 0.162. The van der Waals surface area contributed by atoms with E-state index in [4.69, 9.17) is 0 Å². The Morgan fingerprint density at radius 3 is 2.36 bits per heavy atom. The third kappa shape index (κ3) is 6.53. The fourth-order valence-electron chi connectivity index (χ4n) is 6.04. The number of nitrogens with zero attached hydrogens (tertiary/aromatic N) is 4. The molecule has 0 unspecified atom stereocenters. The van der Waals surface area contributed by atoms with Crippen LogP contribution in [0.4, 0.5) is 18.9 Å². The molecule has 0 spiro atoms. The quantitative estimate of drug-likeness (QED) is 0.608. The minimum absolute atomic E-state index is 0.136. The van der Waals surface area contributed by atoms with Gasteiger partial charge in [0.05, 0.1) is 11.6 Å². The number of benzene rings is 1. The molecule has 1 aromatic rings. The van der Waals surface area contributed by atoms with Crippen LogP contribution in [0.5, 0.6) is 0 Å². The van der Waals surface area contributed by atoms with Crippen molar-refractivity contribution in [2.24, 2.45) is 0 Å². The van der Waals surface area contributed by atoms with Gasteiger partial charge in [-0.25, -0.2) is 0 Å². The first-order valence-electron chi connectivity index (χ1n) is 13.6. The van der Waals surface area contributed by atoms with Gasteiger partial charge < -0.3 is 20.0 Å². The second kappa shape index (κ2) is 11.7. The van der Waals surface area contributed by atoms with E-state index in [9.17, 15) is 18.0 Å². The van der Waals surface area contributed by atoms with Gasteiger partial charge in [0.25, 0.3) is 0 Å². The van der Waals surface area contributed by atoms with Crippen molar-refractivity contribution in [1.82, 2.24) is 20.0 Å². The second-order valence-corrected chi connectivity index (χ2v) is 10.9. The lowest BCUT2D eigenvalue weighted by Gasteiger charge is -2.39. The van der Waals surface area contributed by atoms with Crippen molar-refractivity contribution in [2.75, 3.05) is 57.3 Å². The SMILES string of the molecule is CCCN1CCC(N[C@H]2C[C@@H](C(=O)N3CCN(c4cccc(C(F)(F)F)c4)CC3)N(C(C)C)C2)CC1. The van der Waals surface area contributed by atoms with Crippen LogP contribution in [-0.2, 0) is 11.0 Å². The molecule has 0 aliphatic carbocycles. The molecule has 3 saturated heterocycles. The van der Waals surface area contributed by atoms with Gasteiger partial charge in [0.15, 0.2) is 0 Å². The van der Waals surface area contributed by atoms with Gasteiger partial charge in [0.2, 0.25) is 5.91 Å². The van der Waals surface area contributed by atoms with Crippen LogP contribution in [0, 0.1) is 0 Å². The van der Waals surface area contributed by atoms with Crippen LogP contribution in [0.1, 0.15) is 52.0 Å². The van der Waals surface area contributed by atoms with Gasteiger partial charge in [-0.05, 0) is 77.4 Å². The molecule has 3 aliphatic heterocycles. The molecule has 3 heterocycles. The zero-order valence-corrected chi connectivity index (χ0v) is 21.9. The molecular weight excluding hydrogens is 467 g/mol. The standard InChI is InChI=1S/C27H42F3N5O/c1-4-10-32-11-8-22(9-12-32)31-23-18-25(35(19-23)20(2)3)26(36)34-15-13-33(14-16-34)24-7-5-6-21(17-24)27(28,29)30/h5-7,17,20,22-23,25,31H,4,8-16,18-19H2,1-3H3/t23-,25-/m0/s1. The van der Waals surface area contributed by atoms with Crippen LogP contribution in [0.2, 0.25) is 0 Å². The summed E-state index contributed by atoms with van der Waals surface area (Å²) in [6.07, 6.45) is -0.0155. The molecule has 9 heteroatoms. The minimum atomic E-state index is -4.35. The first-order valence-corrected chi connectivity index (χ1v) is 13.6. The summed E-state index contributed by atoms with van der Waals surface area (Å²) in [7, 11) is 0. The Bertz CT molecular complexity index is 863. The molecule has 1 N–H and O–H groups in total. The molecule has 36 heavy (non-hydrogen) atoms. The van der Waals surface area contributed by atoms with Crippen LogP contribution in [0.25, 0.3) is 0 Å². The number of nitrogens with one attached hydrogen (secondary N) is 1. The van der Waals surface area contributed by atoms with E-state index >= 15 is 0 Å². The van der Waals surface area contributed by atoms with E-state index in [0.29, 0.717) is 44.0 Å². The number of likely N-dealkylation sites (tertiary alicyclic amines) is 2. The minimum Gasteiger partial charge on any atom is -0.368 e. The summed E-state index contributed by atoms with van der Waals surface area (Å²) in [6.45, 7) is 13.0. The predicted molar refractivity (Wildman–Crippen MR) is 137 cm³/mol. The number of amides is 1. The molecule has 3 fully saturated rings. The van der Waals surface area contributed by atoms with Crippen LogP contribution in [0.15, 0.2) is 24.3 Å². The number of hydrogen-bond acceptors (Lipinski definition) is 5. The Labute approximate surface area is 213 Å². The van der Waals surface area contributed by atoms with Gasteiger partial charge in [0, 0.05) is 56.5 Å². The number of anilines is 1. The highest BCUT2D eigenvalue weighted by molar-refractivity contribution is 5.82. The van der Waals surface area contributed by atoms with Crippen molar-refractivity contribution in [3.05, 3.63) is 29.8 Å². The number of hydrogen-bond donors (Lipinski definition) is 1. The van der Waals surface area contributed by atoms with Gasteiger partial charge in [-0.1, -0.05) is 13.0 Å². The lowest BCUT2D eigenvalue weighted by Crippen LogP contribution is -2.54. The molecule has 202 valence electrons. The summed E-state index contributed by atoms with van der Waals surface area (Å²) in [6, 6.07) is 6.45. The van der Waals surface area contributed by atoms with Gasteiger partial charge >= 0.3 is 6.18 Å². The molecule has 3 aliphatic rings. The Morgan fingerprint density at radius 1 is 1.06 bits per heavy atom. The molecule has 6 nitrogen and oxygen atoms in total. The maximum atomic E-state index is 13.6. The summed E-state index contributed by atoms with van der Waals surface area (Å²) < 4.78 is 39.4. The zero-order chi connectivity index (χ0) is 25.9. The molecule has 0 bridgehead atoms. The predicted octanol–water partition coefficient (Wildman–Crippen LogP) is 3.67. The Hall–Kier alpha value is -1.84. The number of carbonyl (C=O) groups excluding carboxylic acids is 1. The maximum Gasteiger partial charge on any atom is 0.416 e. The number of carbonyl (C=O) groups is 1. The number of piperazine rings is 1. The molecule has 4 rings (SSSR count). The van der Waals surface area contributed by atoms with Crippen molar-refractivity contribution >= 4 is 11.6 Å². The van der Waals surface area contributed by atoms with Crippen LogP contribution >= 0.6 is 0 Å². The third-order valence-corrected chi connectivity index (χ3v) is 8.02. The molecule has 0 aromatic heterocycles. The fourth-order valence-corrected chi connectivity index (χ4v) is 6.04. The van der Waals surface area contributed by atoms with Gasteiger partial charge in [0.1, 0.15) is 0 Å². The van der Waals surface area contributed by atoms with E-state index in [1.165, 1.54) is 25.1 Å². The Kier molecular flexibility index (Phi) is 8.83. The summed E-state index contributed by atoms with van der Waals surface area (Å²) in [4.78, 5) is 22.3. The topological polar surface area (TPSA) is 42.1 Å². The number of piperidine rings is 1. The maximum absolute atomic E-state index is 13.6. The highest BCUT2D eigenvalue weighted by Gasteiger charge is 2.41. The van der Waals surface area contributed by atoms with E-state index < -0.39 is 11.7 Å². The molecule has 1 amide bonds. The lowest BCUT2D eigenvalue weighted by molar-refractivity contribution is -0.137. The molecule has 1 aromatic carbocycles. The summed E-state index contributed by atoms with van der Waals surface area (Å²) >= 11 is 0. The molecule has 2 atom stereocenters. The van der Waals surface area contributed by atoms with E-state index in [0.717, 1.165) is 45.0 Å². The Balaban J connectivity index is 1.31. The van der Waals surface area contributed by atoms with E-state index in [-0.39, 0.29) is 18.0 Å². The molecule has 0 saturated carbocycles. The first kappa shape index (κ1) is 27.2. The fraction of sp³-hybridized carbons (Fsp3) is 0.741. The molecular formula is C27H42F3N5O. The number of rotatable bonds is 7. The molecule has 0 radical (unpaired) electrons. The Morgan fingerprint density at radius 2 is 1.75 bits per heavy atom. The average Bonchev–Trinajstić information content (AvgIpc) is 3.29. The van der Waals surface area contributed by atoms with Gasteiger partial charge in [-0.15, -0.1) is 0 Å². The van der Waals surface area contributed by atoms with E-state index in [2.05, 4.69) is 35.9 Å². The van der Waals surface area contributed by atoms with Crippen molar-refractivity contribution in [2.45, 2.75) is 76.8 Å².